The van der Waals surface area contributed by atoms with E-state index in [1.165, 1.54) is 24.0 Å². The molecule has 0 spiro atoms. The van der Waals surface area contributed by atoms with E-state index < -0.39 is 48.4 Å². The van der Waals surface area contributed by atoms with Gasteiger partial charge in [0.2, 0.25) is 17.7 Å². The Hall–Kier alpha value is -3.44. The van der Waals surface area contributed by atoms with Gasteiger partial charge in [-0.3, -0.25) is 14.4 Å². The first-order chi connectivity index (χ1) is 17.0. The number of carbonyl (C=O) groups excluding carboxylic acids is 3. The zero-order valence-corrected chi connectivity index (χ0v) is 21.7. The van der Waals surface area contributed by atoms with Crippen LogP contribution < -0.4 is 16.4 Å². The standard InChI is InChI=1S/C25H31BrN4O6/c1-3-30(21(25(35)36)13-17-5-4-6-18(26)11-17)22(32)14-28-23(33)15(2)29-24(34)20(27)12-16-7-9-19(31)10-8-16/h4-11,15,20-21,31H,3,12-14,27H2,1-2H3,(H,28,33)(H,29,34)(H,35,36)/t15-,20+,21+/m1/s1. The fourth-order valence-electron chi connectivity index (χ4n) is 3.57. The number of likely N-dealkylation sites (N-methyl/N-ethyl adjacent to an activating group) is 1. The molecule has 3 amide bonds. The van der Waals surface area contributed by atoms with Crippen LogP contribution in [0.2, 0.25) is 0 Å². The molecule has 10 nitrogen and oxygen atoms in total. The number of carboxylic acid groups (broad SMARTS) is 1. The van der Waals surface area contributed by atoms with Crippen LogP contribution >= 0.6 is 15.9 Å². The molecule has 0 heterocycles. The number of carboxylic acids is 1. The third-order valence-corrected chi connectivity index (χ3v) is 6.03. The van der Waals surface area contributed by atoms with Crippen molar-refractivity contribution in [2.75, 3.05) is 13.1 Å². The van der Waals surface area contributed by atoms with E-state index in [9.17, 15) is 29.4 Å². The normalized spacial score (nSPS) is 13.2. The predicted molar refractivity (Wildman–Crippen MR) is 137 cm³/mol. The molecule has 0 radical (unpaired) electrons. The molecule has 194 valence electrons. The molecule has 6 N–H and O–H groups in total. The van der Waals surface area contributed by atoms with E-state index in [0.29, 0.717) is 0 Å². The summed E-state index contributed by atoms with van der Waals surface area (Å²) in [5.41, 5.74) is 7.41. The molecular weight excluding hydrogens is 532 g/mol. The molecule has 2 aromatic carbocycles. The lowest BCUT2D eigenvalue weighted by Crippen LogP contribution is -2.53. The molecule has 0 saturated carbocycles. The van der Waals surface area contributed by atoms with Crippen molar-refractivity contribution in [3.05, 3.63) is 64.1 Å². The molecule has 2 rings (SSSR count). The number of carbonyl (C=O) groups is 4. The smallest absolute Gasteiger partial charge is 0.326 e. The lowest BCUT2D eigenvalue weighted by Gasteiger charge is -2.28. The highest BCUT2D eigenvalue weighted by molar-refractivity contribution is 9.10. The number of phenols is 1. The van der Waals surface area contributed by atoms with E-state index in [2.05, 4.69) is 26.6 Å². The van der Waals surface area contributed by atoms with Crippen molar-refractivity contribution >= 4 is 39.6 Å². The summed E-state index contributed by atoms with van der Waals surface area (Å²) in [6, 6.07) is 10.4. The SMILES string of the molecule is CCN(C(=O)CNC(=O)[C@@H](C)NC(=O)[C@@H](N)Cc1ccc(O)cc1)[C@@H](Cc1cccc(Br)c1)C(=O)O. The van der Waals surface area contributed by atoms with Crippen molar-refractivity contribution in [1.29, 1.82) is 0 Å². The maximum absolute atomic E-state index is 12.8. The Bertz CT molecular complexity index is 1080. The van der Waals surface area contributed by atoms with Crippen LogP contribution in [0.4, 0.5) is 0 Å². The van der Waals surface area contributed by atoms with Gasteiger partial charge in [-0.25, -0.2) is 4.79 Å². The molecule has 3 atom stereocenters. The summed E-state index contributed by atoms with van der Waals surface area (Å²) in [4.78, 5) is 50.7. The Morgan fingerprint density at radius 1 is 1.03 bits per heavy atom. The number of hydrogen-bond donors (Lipinski definition) is 5. The number of nitrogens with one attached hydrogen (secondary N) is 2. The second kappa shape index (κ2) is 13.6. The number of nitrogens with zero attached hydrogens (tertiary/aromatic N) is 1. The summed E-state index contributed by atoms with van der Waals surface area (Å²) in [5, 5.41) is 24.0. The van der Waals surface area contributed by atoms with Crippen molar-refractivity contribution in [2.45, 2.75) is 44.8 Å². The van der Waals surface area contributed by atoms with E-state index in [1.54, 1.807) is 37.3 Å². The van der Waals surface area contributed by atoms with Crippen molar-refractivity contribution in [2.24, 2.45) is 5.73 Å². The van der Waals surface area contributed by atoms with Crippen LogP contribution in [0.15, 0.2) is 53.0 Å². The highest BCUT2D eigenvalue weighted by Crippen LogP contribution is 2.16. The van der Waals surface area contributed by atoms with E-state index in [0.717, 1.165) is 15.6 Å². The zero-order chi connectivity index (χ0) is 26.8. The topological polar surface area (TPSA) is 162 Å². The Morgan fingerprint density at radius 2 is 1.69 bits per heavy atom. The number of benzene rings is 2. The fraction of sp³-hybridized carbons (Fsp3) is 0.360. The molecule has 0 unspecified atom stereocenters. The molecule has 0 fully saturated rings. The highest BCUT2D eigenvalue weighted by atomic mass is 79.9. The summed E-state index contributed by atoms with van der Waals surface area (Å²) < 4.78 is 0.796. The third-order valence-electron chi connectivity index (χ3n) is 5.54. The van der Waals surface area contributed by atoms with E-state index >= 15 is 0 Å². The van der Waals surface area contributed by atoms with Gasteiger partial charge in [-0.05, 0) is 55.7 Å². The largest absolute Gasteiger partial charge is 0.508 e. The van der Waals surface area contributed by atoms with Gasteiger partial charge in [0.1, 0.15) is 17.8 Å². The monoisotopic (exact) mass is 562 g/mol. The summed E-state index contributed by atoms with van der Waals surface area (Å²) in [6.45, 7) is 2.83. The zero-order valence-electron chi connectivity index (χ0n) is 20.1. The van der Waals surface area contributed by atoms with Crippen LogP contribution in [0.25, 0.3) is 0 Å². The number of halogens is 1. The summed E-state index contributed by atoms with van der Waals surface area (Å²) in [7, 11) is 0. The highest BCUT2D eigenvalue weighted by Gasteiger charge is 2.29. The minimum atomic E-state index is -1.15. The van der Waals surface area contributed by atoms with Crippen LogP contribution in [0.5, 0.6) is 5.75 Å². The minimum Gasteiger partial charge on any atom is -0.508 e. The van der Waals surface area contributed by atoms with Crippen LogP contribution in [-0.2, 0) is 32.0 Å². The average Bonchev–Trinajstić information content (AvgIpc) is 2.83. The number of rotatable bonds is 12. The second-order valence-corrected chi connectivity index (χ2v) is 9.21. The Balaban J connectivity index is 1.91. The van der Waals surface area contributed by atoms with Gasteiger partial charge in [0.05, 0.1) is 12.6 Å². The van der Waals surface area contributed by atoms with Gasteiger partial charge >= 0.3 is 5.97 Å². The number of amides is 3. The Labute approximate surface area is 218 Å². The van der Waals surface area contributed by atoms with Crippen LogP contribution in [-0.4, -0.2) is 70.0 Å². The maximum atomic E-state index is 12.8. The van der Waals surface area contributed by atoms with Crippen LogP contribution in [0, 0.1) is 0 Å². The van der Waals surface area contributed by atoms with E-state index in [1.807, 2.05) is 6.07 Å². The van der Waals surface area contributed by atoms with Gasteiger partial charge in [-0.15, -0.1) is 0 Å². The van der Waals surface area contributed by atoms with Crippen LogP contribution in [0.1, 0.15) is 25.0 Å². The van der Waals surface area contributed by atoms with E-state index in [4.69, 9.17) is 5.73 Å². The first-order valence-electron chi connectivity index (χ1n) is 11.4. The van der Waals surface area contributed by atoms with Crippen LogP contribution in [0.3, 0.4) is 0 Å². The Morgan fingerprint density at radius 3 is 2.28 bits per heavy atom. The predicted octanol–water partition coefficient (Wildman–Crippen LogP) is 1.19. The van der Waals surface area contributed by atoms with Gasteiger partial charge < -0.3 is 31.5 Å². The molecule has 0 saturated heterocycles. The molecular formula is C25H31BrN4O6. The maximum Gasteiger partial charge on any atom is 0.326 e. The number of aliphatic carboxylic acids is 1. The second-order valence-electron chi connectivity index (χ2n) is 8.29. The number of nitrogens with two attached hydrogens (primary N) is 1. The number of phenolic OH excluding ortho intramolecular Hbond substituents is 1. The molecule has 11 heteroatoms. The van der Waals surface area contributed by atoms with Gasteiger partial charge in [0, 0.05) is 17.4 Å². The molecule has 2 aromatic rings. The van der Waals surface area contributed by atoms with Crippen molar-refractivity contribution < 1.29 is 29.4 Å². The van der Waals surface area contributed by atoms with Crippen molar-refractivity contribution in [3.63, 3.8) is 0 Å². The first kappa shape index (κ1) is 28.8. The third kappa shape index (κ3) is 8.65. The van der Waals surface area contributed by atoms with Gasteiger partial charge in [-0.1, -0.05) is 40.2 Å². The Kier molecular flexibility index (Phi) is 10.9. The van der Waals surface area contributed by atoms with Gasteiger partial charge in [-0.2, -0.15) is 0 Å². The summed E-state index contributed by atoms with van der Waals surface area (Å²) in [6.07, 6.45) is 0.312. The fourth-order valence-corrected chi connectivity index (χ4v) is 4.02. The molecule has 0 aliphatic heterocycles. The van der Waals surface area contributed by atoms with Crippen molar-refractivity contribution in [3.8, 4) is 5.75 Å². The van der Waals surface area contributed by atoms with E-state index in [-0.39, 0.29) is 25.1 Å². The molecule has 0 bridgehead atoms. The van der Waals surface area contributed by atoms with Crippen molar-refractivity contribution in [1.82, 2.24) is 15.5 Å². The summed E-state index contributed by atoms with van der Waals surface area (Å²) in [5.74, 6) is -2.77. The lowest BCUT2D eigenvalue weighted by atomic mass is 10.0. The number of aromatic hydroxyl groups is 1. The molecule has 36 heavy (non-hydrogen) atoms. The minimum absolute atomic E-state index is 0.0982. The number of hydrogen-bond acceptors (Lipinski definition) is 6. The van der Waals surface area contributed by atoms with Gasteiger partial charge in [0.25, 0.3) is 0 Å². The average molecular weight is 563 g/mol. The van der Waals surface area contributed by atoms with Gasteiger partial charge in [0.15, 0.2) is 0 Å². The molecule has 0 aromatic heterocycles. The summed E-state index contributed by atoms with van der Waals surface area (Å²) >= 11 is 3.35. The molecule has 0 aliphatic rings. The quantitative estimate of drug-likeness (QED) is 0.259. The lowest BCUT2D eigenvalue weighted by molar-refractivity contribution is -0.150. The molecule has 0 aliphatic carbocycles. The first-order valence-corrected chi connectivity index (χ1v) is 12.2.